The third-order valence-electron chi connectivity index (χ3n) is 2.55. The molecule has 0 amide bonds. The van der Waals surface area contributed by atoms with Gasteiger partial charge < -0.3 is 4.74 Å². The van der Waals surface area contributed by atoms with Crippen LogP contribution in [0.5, 0.6) is 0 Å². The number of hydrogen-bond acceptors (Lipinski definition) is 3. The van der Waals surface area contributed by atoms with Crippen LogP contribution in [0.3, 0.4) is 0 Å². The zero-order valence-corrected chi connectivity index (χ0v) is 10.2. The monoisotopic (exact) mass is 263 g/mol. The van der Waals surface area contributed by atoms with E-state index in [0.717, 1.165) is 6.07 Å². The lowest BCUT2D eigenvalue weighted by Gasteiger charge is -2.04. The highest BCUT2D eigenvalue weighted by Crippen LogP contribution is 2.13. The molecule has 0 fully saturated rings. The Morgan fingerprint density at radius 2 is 1.89 bits per heavy atom. The molecule has 0 aliphatic heterocycles. The summed E-state index contributed by atoms with van der Waals surface area (Å²) < 4.78 is 30.7. The average molecular weight is 263 g/mol. The maximum atomic E-state index is 13.1. The van der Waals surface area contributed by atoms with Gasteiger partial charge in [-0.25, -0.2) is 13.6 Å². The van der Waals surface area contributed by atoms with E-state index in [-0.39, 0.29) is 6.42 Å². The molecule has 1 aromatic heterocycles. The molecule has 0 saturated carbocycles. The number of nitrogens with zero attached hydrogens (tertiary/aromatic N) is 1. The predicted molar refractivity (Wildman–Crippen MR) is 64.7 cm³/mol. The first-order valence-electron chi connectivity index (χ1n) is 5.56. The Morgan fingerprint density at radius 3 is 2.53 bits per heavy atom. The smallest absolute Gasteiger partial charge is 0.337 e. The van der Waals surface area contributed by atoms with Crippen LogP contribution in [0.25, 0.3) is 0 Å². The lowest BCUT2D eigenvalue weighted by Crippen LogP contribution is -2.03. The first kappa shape index (κ1) is 13.1. The van der Waals surface area contributed by atoms with Crippen LogP contribution in [0.4, 0.5) is 8.78 Å². The van der Waals surface area contributed by atoms with Crippen LogP contribution >= 0.6 is 0 Å². The molecule has 0 N–H and O–H groups in total. The molecule has 19 heavy (non-hydrogen) atoms. The summed E-state index contributed by atoms with van der Waals surface area (Å²) in [6, 6.07) is 6.32. The highest BCUT2D eigenvalue weighted by molar-refractivity contribution is 5.89. The Morgan fingerprint density at radius 1 is 1.21 bits per heavy atom. The van der Waals surface area contributed by atoms with Crippen LogP contribution in [0.15, 0.2) is 36.5 Å². The molecule has 98 valence electrons. The molecule has 0 saturated heterocycles. The molecule has 0 atom stereocenters. The van der Waals surface area contributed by atoms with Crippen molar-refractivity contribution in [1.82, 2.24) is 4.98 Å². The van der Waals surface area contributed by atoms with Crippen LogP contribution in [0.1, 0.15) is 21.6 Å². The number of aromatic nitrogens is 1. The highest BCUT2D eigenvalue weighted by Gasteiger charge is 2.08. The Bertz CT molecular complexity index is 594. The van der Waals surface area contributed by atoms with Crippen LogP contribution in [0, 0.1) is 11.6 Å². The van der Waals surface area contributed by atoms with Crippen molar-refractivity contribution in [3.05, 3.63) is 65.0 Å². The standard InChI is InChI=1S/C14H11F2NO2/c1-19-14(18)10-2-3-17-13(7-10)6-9-4-11(15)8-12(16)5-9/h2-5,7-8H,6H2,1H3. The zero-order chi connectivity index (χ0) is 13.8. The summed E-state index contributed by atoms with van der Waals surface area (Å²) in [5.74, 6) is -1.76. The van der Waals surface area contributed by atoms with E-state index >= 15 is 0 Å². The highest BCUT2D eigenvalue weighted by atomic mass is 19.1. The first-order valence-corrected chi connectivity index (χ1v) is 5.56. The summed E-state index contributed by atoms with van der Waals surface area (Å²) in [5, 5.41) is 0. The number of halogens is 2. The fraction of sp³-hybridized carbons (Fsp3) is 0.143. The summed E-state index contributed by atoms with van der Waals surface area (Å²) in [6.45, 7) is 0. The molecule has 0 spiro atoms. The largest absolute Gasteiger partial charge is 0.465 e. The summed E-state index contributed by atoms with van der Waals surface area (Å²) in [5.41, 5.74) is 1.34. The molecular formula is C14H11F2NO2. The average Bonchev–Trinajstić information content (AvgIpc) is 2.37. The fourth-order valence-corrected chi connectivity index (χ4v) is 1.74. The quantitative estimate of drug-likeness (QED) is 0.799. The minimum Gasteiger partial charge on any atom is -0.465 e. The molecular weight excluding hydrogens is 252 g/mol. The van der Waals surface area contributed by atoms with E-state index in [2.05, 4.69) is 9.72 Å². The Kier molecular flexibility index (Phi) is 3.85. The molecule has 2 aromatic rings. The van der Waals surface area contributed by atoms with E-state index in [1.165, 1.54) is 37.6 Å². The van der Waals surface area contributed by atoms with E-state index in [9.17, 15) is 13.6 Å². The van der Waals surface area contributed by atoms with Crippen molar-refractivity contribution in [2.24, 2.45) is 0 Å². The zero-order valence-electron chi connectivity index (χ0n) is 10.2. The summed E-state index contributed by atoms with van der Waals surface area (Å²) in [4.78, 5) is 15.4. The van der Waals surface area contributed by atoms with E-state index in [1.54, 1.807) is 0 Å². The maximum absolute atomic E-state index is 13.1. The van der Waals surface area contributed by atoms with Crippen molar-refractivity contribution in [3.8, 4) is 0 Å². The van der Waals surface area contributed by atoms with E-state index in [4.69, 9.17) is 0 Å². The summed E-state index contributed by atoms with van der Waals surface area (Å²) in [6.07, 6.45) is 1.69. The molecule has 0 aliphatic carbocycles. The molecule has 0 bridgehead atoms. The van der Waals surface area contributed by atoms with Gasteiger partial charge in [-0.1, -0.05) is 0 Å². The van der Waals surface area contributed by atoms with Gasteiger partial charge in [0.15, 0.2) is 0 Å². The van der Waals surface area contributed by atoms with Gasteiger partial charge >= 0.3 is 5.97 Å². The van der Waals surface area contributed by atoms with Crippen molar-refractivity contribution in [2.75, 3.05) is 7.11 Å². The third-order valence-corrected chi connectivity index (χ3v) is 2.55. The molecule has 2 rings (SSSR count). The number of methoxy groups -OCH3 is 1. The topological polar surface area (TPSA) is 39.2 Å². The number of carbonyl (C=O) groups excluding carboxylic acids is 1. The second-order valence-corrected chi connectivity index (χ2v) is 3.98. The van der Waals surface area contributed by atoms with Crippen LogP contribution < -0.4 is 0 Å². The number of esters is 1. The number of carbonyl (C=O) groups is 1. The van der Waals surface area contributed by atoms with E-state index in [1.807, 2.05) is 0 Å². The van der Waals surface area contributed by atoms with Gasteiger partial charge in [0, 0.05) is 24.4 Å². The van der Waals surface area contributed by atoms with Gasteiger partial charge in [-0.15, -0.1) is 0 Å². The van der Waals surface area contributed by atoms with Crippen molar-refractivity contribution >= 4 is 5.97 Å². The Hall–Kier alpha value is -2.30. The van der Waals surface area contributed by atoms with Gasteiger partial charge in [0.2, 0.25) is 0 Å². The van der Waals surface area contributed by atoms with E-state index in [0.29, 0.717) is 16.8 Å². The molecule has 5 heteroatoms. The van der Waals surface area contributed by atoms with Crippen molar-refractivity contribution in [3.63, 3.8) is 0 Å². The first-order chi connectivity index (χ1) is 9.08. The molecule has 0 aliphatic rings. The molecule has 0 radical (unpaired) electrons. The lowest BCUT2D eigenvalue weighted by atomic mass is 10.1. The van der Waals surface area contributed by atoms with Gasteiger partial charge in [-0.2, -0.15) is 0 Å². The van der Waals surface area contributed by atoms with Crippen molar-refractivity contribution in [1.29, 1.82) is 0 Å². The number of hydrogen-bond donors (Lipinski definition) is 0. The molecule has 0 unspecified atom stereocenters. The maximum Gasteiger partial charge on any atom is 0.337 e. The number of pyridine rings is 1. The summed E-state index contributed by atoms with van der Waals surface area (Å²) >= 11 is 0. The lowest BCUT2D eigenvalue weighted by molar-refractivity contribution is 0.0600. The minimum absolute atomic E-state index is 0.236. The SMILES string of the molecule is COC(=O)c1ccnc(Cc2cc(F)cc(F)c2)c1. The van der Waals surface area contributed by atoms with Crippen LogP contribution in [0.2, 0.25) is 0 Å². The Balaban J connectivity index is 2.25. The predicted octanol–water partition coefficient (Wildman–Crippen LogP) is 2.74. The van der Waals surface area contributed by atoms with Crippen LogP contribution in [-0.4, -0.2) is 18.1 Å². The number of ether oxygens (including phenoxy) is 1. The van der Waals surface area contributed by atoms with Crippen LogP contribution in [-0.2, 0) is 11.2 Å². The molecule has 1 aromatic carbocycles. The van der Waals surface area contributed by atoms with E-state index < -0.39 is 17.6 Å². The normalized spacial score (nSPS) is 10.3. The van der Waals surface area contributed by atoms with Gasteiger partial charge in [-0.05, 0) is 29.8 Å². The van der Waals surface area contributed by atoms with Crippen molar-refractivity contribution in [2.45, 2.75) is 6.42 Å². The second-order valence-electron chi connectivity index (χ2n) is 3.98. The van der Waals surface area contributed by atoms with Gasteiger partial charge in [0.05, 0.1) is 12.7 Å². The molecule has 1 heterocycles. The summed E-state index contributed by atoms with van der Waals surface area (Å²) in [7, 11) is 1.28. The number of benzene rings is 1. The Labute approximate surface area is 108 Å². The minimum atomic E-state index is -0.640. The molecule has 3 nitrogen and oxygen atoms in total. The van der Waals surface area contributed by atoms with Gasteiger partial charge in [-0.3, -0.25) is 4.98 Å². The fourth-order valence-electron chi connectivity index (χ4n) is 1.74. The second kappa shape index (κ2) is 5.56. The van der Waals surface area contributed by atoms with Gasteiger partial charge in [0.1, 0.15) is 11.6 Å². The van der Waals surface area contributed by atoms with Crippen molar-refractivity contribution < 1.29 is 18.3 Å². The van der Waals surface area contributed by atoms with Gasteiger partial charge in [0.25, 0.3) is 0 Å². The number of rotatable bonds is 3. The third kappa shape index (κ3) is 3.34.